The number of benzene rings is 1. The predicted octanol–water partition coefficient (Wildman–Crippen LogP) is 4.60. The molecule has 3 amide bonds. The number of rotatable bonds is 11. The topological polar surface area (TPSA) is 87.7 Å². The Labute approximate surface area is 199 Å². The first kappa shape index (κ1) is 28.5. The summed E-state index contributed by atoms with van der Waals surface area (Å²) >= 11 is 0. The molecule has 186 valence electrons. The number of carbonyl (C=O) groups excluding carboxylic acids is 3. The van der Waals surface area contributed by atoms with Gasteiger partial charge in [-0.05, 0) is 50.7 Å². The van der Waals surface area contributed by atoms with E-state index < -0.39 is 23.8 Å². The van der Waals surface area contributed by atoms with Crippen molar-refractivity contribution >= 4 is 17.9 Å². The van der Waals surface area contributed by atoms with E-state index >= 15 is 0 Å². The van der Waals surface area contributed by atoms with E-state index in [0.717, 1.165) is 30.4 Å². The predicted molar refractivity (Wildman–Crippen MR) is 132 cm³/mol. The van der Waals surface area contributed by atoms with E-state index in [9.17, 15) is 14.4 Å². The number of unbranched alkanes of at least 4 members (excludes halogenated alkanes) is 1. The second kappa shape index (κ2) is 13.2. The molecular formula is C26H43N3O4. The van der Waals surface area contributed by atoms with Gasteiger partial charge in [0.1, 0.15) is 17.7 Å². The number of ether oxygens (including phenoxy) is 1. The quantitative estimate of drug-likeness (QED) is 0.471. The van der Waals surface area contributed by atoms with Gasteiger partial charge in [0.15, 0.2) is 0 Å². The molecule has 0 aliphatic heterocycles. The SMILES string of the molecule is CCCCNC(=O)C(c1ccc(CC)cc1)N(C)C(=O)C(NC(=O)OC(C)(C)C)C(C)CC. The molecule has 2 N–H and O–H groups in total. The van der Waals surface area contributed by atoms with E-state index in [1.807, 2.05) is 38.1 Å². The summed E-state index contributed by atoms with van der Waals surface area (Å²) in [6.07, 6.45) is 2.74. The minimum Gasteiger partial charge on any atom is -0.444 e. The Hall–Kier alpha value is -2.57. The van der Waals surface area contributed by atoms with Gasteiger partial charge in [-0.15, -0.1) is 0 Å². The Balaban J connectivity index is 3.23. The monoisotopic (exact) mass is 461 g/mol. The van der Waals surface area contributed by atoms with Crippen LogP contribution in [0.25, 0.3) is 0 Å². The van der Waals surface area contributed by atoms with Crippen molar-refractivity contribution in [2.75, 3.05) is 13.6 Å². The fourth-order valence-corrected chi connectivity index (χ4v) is 3.44. The Morgan fingerprint density at radius 1 is 1.06 bits per heavy atom. The molecule has 0 fully saturated rings. The van der Waals surface area contributed by atoms with Gasteiger partial charge >= 0.3 is 6.09 Å². The van der Waals surface area contributed by atoms with Gasteiger partial charge in [-0.1, -0.05) is 64.8 Å². The van der Waals surface area contributed by atoms with Gasteiger partial charge in [0.2, 0.25) is 11.8 Å². The maximum atomic E-state index is 13.6. The van der Waals surface area contributed by atoms with Crippen LogP contribution in [0.2, 0.25) is 0 Å². The molecule has 0 saturated heterocycles. The van der Waals surface area contributed by atoms with Crippen LogP contribution in [0.1, 0.15) is 84.9 Å². The highest BCUT2D eigenvalue weighted by atomic mass is 16.6. The molecule has 0 heterocycles. The molecule has 0 spiro atoms. The fourth-order valence-electron chi connectivity index (χ4n) is 3.44. The van der Waals surface area contributed by atoms with Crippen LogP contribution in [0.5, 0.6) is 0 Å². The average Bonchev–Trinajstić information content (AvgIpc) is 2.76. The molecule has 1 aromatic rings. The van der Waals surface area contributed by atoms with E-state index in [2.05, 4.69) is 24.5 Å². The summed E-state index contributed by atoms with van der Waals surface area (Å²) in [7, 11) is 1.62. The standard InChI is InChI=1S/C26H43N3O4/c1-9-12-17-27-23(30)22(20-15-13-19(11-3)14-16-20)29(8)24(31)21(18(4)10-2)28-25(32)33-26(5,6)7/h13-16,18,21-22H,9-12,17H2,1-8H3,(H,27,30)(H,28,32). The van der Waals surface area contributed by atoms with Crippen LogP contribution in [0.4, 0.5) is 4.79 Å². The molecule has 1 rings (SSSR count). The number of amides is 3. The molecule has 0 bridgehead atoms. The molecule has 0 aliphatic carbocycles. The zero-order valence-corrected chi connectivity index (χ0v) is 21.7. The van der Waals surface area contributed by atoms with E-state index in [4.69, 9.17) is 4.74 Å². The number of likely N-dealkylation sites (N-methyl/N-ethyl adjacent to an activating group) is 1. The van der Waals surface area contributed by atoms with Crippen LogP contribution >= 0.6 is 0 Å². The van der Waals surface area contributed by atoms with Gasteiger partial charge in [0.05, 0.1) is 0 Å². The summed E-state index contributed by atoms with van der Waals surface area (Å²) in [5.41, 5.74) is 1.21. The van der Waals surface area contributed by atoms with Crippen LogP contribution in [0, 0.1) is 5.92 Å². The zero-order chi connectivity index (χ0) is 25.2. The number of aryl methyl sites for hydroxylation is 1. The third kappa shape index (κ3) is 9.06. The normalized spacial score (nSPS) is 14.1. The Kier molecular flexibility index (Phi) is 11.4. The molecule has 3 unspecified atom stereocenters. The second-order valence-corrected chi connectivity index (χ2v) is 9.60. The maximum Gasteiger partial charge on any atom is 0.408 e. The van der Waals surface area contributed by atoms with Crippen LogP contribution in [0.3, 0.4) is 0 Å². The highest BCUT2D eigenvalue weighted by Crippen LogP contribution is 2.24. The number of carbonyl (C=O) groups is 3. The third-order valence-electron chi connectivity index (χ3n) is 5.67. The van der Waals surface area contributed by atoms with E-state index in [1.165, 1.54) is 4.90 Å². The van der Waals surface area contributed by atoms with E-state index in [1.54, 1.807) is 27.8 Å². The molecule has 0 radical (unpaired) electrons. The number of hydrogen-bond acceptors (Lipinski definition) is 4. The minimum absolute atomic E-state index is 0.140. The highest BCUT2D eigenvalue weighted by molar-refractivity contribution is 5.92. The maximum absolute atomic E-state index is 13.6. The smallest absolute Gasteiger partial charge is 0.408 e. The van der Waals surface area contributed by atoms with Crippen molar-refractivity contribution in [2.24, 2.45) is 5.92 Å². The lowest BCUT2D eigenvalue weighted by molar-refractivity contribution is -0.141. The van der Waals surface area contributed by atoms with Crippen molar-refractivity contribution in [3.8, 4) is 0 Å². The van der Waals surface area contributed by atoms with Gasteiger partial charge in [-0.3, -0.25) is 9.59 Å². The highest BCUT2D eigenvalue weighted by Gasteiger charge is 2.36. The molecule has 0 saturated carbocycles. The first-order chi connectivity index (χ1) is 15.4. The van der Waals surface area contributed by atoms with Crippen LogP contribution in [-0.4, -0.2) is 48.0 Å². The van der Waals surface area contributed by atoms with Crippen molar-refractivity contribution in [3.05, 3.63) is 35.4 Å². The van der Waals surface area contributed by atoms with E-state index in [0.29, 0.717) is 13.0 Å². The van der Waals surface area contributed by atoms with Crippen molar-refractivity contribution in [1.29, 1.82) is 0 Å². The van der Waals surface area contributed by atoms with Crippen molar-refractivity contribution in [1.82, 2.24) is 15.5 Å². The summed E-state index contributed by atoms with van der Waals surface area (Å²) < 4.78 is 5.38. The second-order valence-electron chi connectivity index (χ2n) is 9.60. The first-order valence-corrected chi connectivity index (χ1v) is 12.1. The van der Waals surface area contributed by atoms with Gasteiger partial charge in [0.25, 0.3) is 0 Å². The van der Waals surface area contributed by atoms with Crippen molar-refractivity contribution in [2.45, 2.75) is 91.8 Å². The summed E-state index contributed by atoms with van der Waals surface area (Å²) in [4.78, 5) is 40.7. The van der Waals surface area contributed by atoms with E-state index in [-0.39, 0.29) is 17.7 Å². The average molecular weight is 462 g/mol. The summed E-state index contributed by atoms with van der Waals surface area (Å²) in [6, 6.07) is 6.14. The van der Waals surface area contributed by atoms with Gasteiger partial charge < -0.3 is 20.3 Å². The molecule has 7 heteroatoms. The lowest BCUT2D eigenvalue weighted by atomic mass is 9.96. The summed E-state index contributed by atoms with van der Waals surface area (Å²) in [6.45, 7) is 13.9. The molecule has 7 nitrogen and oxygen atoms in total. The summed E-state index contributed by atoms with van der Waals surface area (Å²) in [5, 5.41) is 5.69. The number of hydrogen-bond donors (Lipinski definition) is 2. The Morgan fingerprint density at radius 3 is 2.15 bits per heavy atom. The molecule has 1 aromatic carbocycles. The van der Waals surface area contributed by atoms with Gasteiger partial charge in [-0.25, -0.2) is 4.79 Å². The fraction of sp³-hybridized carbons (Fsp3) is 0.654. The molecule has 0 aromatic heterocycles. The van der Waals surface area contributed by atoms with Gasteiger partial charge in [-0.2, -0.15) is 0 Å². The Morgan fingerprint density at radius 2 is 1.67 bits per heavy atom. The largest absolute Gasteiger partial charge is 0.444 e. The number of alkyl carbamates (subject to hydrolysis) is 1. The van der Waals surface area contributed by atoms with Gasteiger partial charge in [0, 0.05) is 13.6 Å². The minimum atomic E-state index is -0.810. The van der Waals surface area contributed by atoms with Crippen molar-refractivity contribution in [3.63, 3.8) is 0 Å². The molecule has 0 aliphatic rings. The molecular weight excluding hydrogens is 418 g/mol. The lowest BCUT2D eigenvalue weighted by Gasteiger charge is -2.33. The van der Waals surface area contributed by atoms with Crippen molar-refractivity contribution < 1.29 is 19.1 Å². The summed E-state index contributed by atoms with van der Waals surface area (Å²) in [5.74, 6) is -0.701. The first-order valence-electron chi connectivity index (χ1n) is 12.1. The van der Waals surface area contributed by atoms with Crippen LogP contribution < -0.4 is 10.6 Å². The number of nitrogens with zero attached hydrogens (tertiary/aromatic N) is 1. The third-order valence-corrected chi connectivity index (χ3v) is 5.67. The van der Waals surface area contributed by atoms with Crippen LogP contribution in [-0.2, 0) is 20.7 Å². The zero-order valence-electron chi connectivity index (χ0n) is 21.7. The van der Waals surface area contributed by atoms with Crippen LogP contribution in [0.15, 0.2) is 24.3 Å². The molecule has 3 atom stereocenters. The Bertz CT molecular complexity index is 771. The lowest BCUT2D eigenvalue weighted by Crippen LogP contribution is -2.54. The molecule has 33 heavy (non-hydrogen) atoms. The number of nitrogens with one attached hydrogen (secondary N) is 2.